The molecule has 0 bridgehead atoms. The van der Waals surface area contributed by atoms with Gasteiger partial charge in [0.15, 0.2) is 5.65 Å². The molecule has 184 valence electrons. The number of hydrogen-bond acceptors (Lipinski definition) is 8. The average molecular weight is 500 g/mol. The van der Waals surface area contributed by atoms with E-state index in [0.717, 1.165) is 31.9 Å². The Kier molecular flexibility index (Phi) is 5.42. The molecule has 1 aliphatic carbocycles. The van der Waals surface area contributed by atoms with E-state index in [4.69, 9.17) is 26.8 Å². The quantitative estimate of drug-likeness (QED) is 0.525. The summed E-state index contributed by atoms with van der Waals surface area (Å²) in [5, 5.41) is 7.92. The summed E-state index contributed by atoms with van der Waals surface area (Å²) < 4.78 is 14.3. The molecule has 2 aliphatic heterocycles. The lowest BCUT2D eigenvalue weighted by atomic mass is 10.1. The summed E-state index contributed by atoms with van der Waals surface area (Å²) >= 11 is 6.38. The number of rotatable bonds is 6. The maximum atomic E-state index is 13.3. The highest BCUT2D eigenvalue weighted by molar-refractivity contribution is 6.30. The molecule has 0 radical (unpaired) electrons. The number of carbonyl (C=O) groups is 1. The molecule has 1 amide bonds. The van der Waals surface area contributed by atoms with Crippen molar-refractivity contribution >= 4 is 40.5 Å². The fourth-order valence-corrected chi connectivity index (χ4v) is 5.60. The molecule has 11 nitrogen and oxygen atoms in total. The lowest BCUT2D eigenvalue weighted by Crippen LogP contribution is -2.31. The highest BCUT2D eigenvalue weighted by Crippen LogP contribution is 2.48. The Labute approximate surface area is 205 Å². The molecule has 1 saturated carbocycles. The van der Waals surface area contributed by atoms with Crippen LogP contribution in [-0.4, -0.2) is 64.6 Å². The first-order valence-corrected chi connectivity index (χ1v) is 12.1. The predicted octanol–water partition coefficient (Wildman–Crippen LogP) is 1.82. The largest absolute Gasteiger partial charge is 0.381 e. The first-order chi connectivity index (χ1) is 16.9. The van der Waals surface area contributed by atoms with E-state index in [0.29, 0.717) is 47.6 Å². The fourth-order valence-electron chi connectivity index (χ4n) is 5.38. The van der Waals surface area contributed by atoms with Gasteiger partial charge >= 0.3 is 0 Å². The number of anilines is 3. The van der Waals surface area contributed by atoms with Crippen molar-refractivity contribution in [2.45, 2.75) is 24.9 Å². The van der Waals surface area contributed by atoms with E-state index < -0.39 is 5.91 Å². The van der Waals surface area contributed by atoms with E-state index in [1.807, 2.05) is 13.1 Å². The van der Waals surface area contributed by atoms with Crippen LogP contribution in [0.4, 0.5) is 17.3 Å². The van der Waals surface area contributed by atoms with Crippen LogP contribution in [0.15, 0.2) is 29.3 Å². The van der Waals surface area contributed by atoms with Crippen LogP contribution in [0.5, 0.6) is 0 Å². The second-order valence-electron chi connectivity index (χ2n) is 9.40. The molecule has 3 aromatic heterocycles. The Morgan fingerprint density at radius 1 is 1.26 bits per heavy atom. The second-order valence-corrected chi connectivity index (χ2v) is 9.84. The number of carbonyl (C=O) groups excluding carboxylic acids is 1. The lowest BCUT2D eigenvalue weighted by molar-refractivity contribution is 0.0581. The number of primary amides is 1. The minimum atomic E-state index is -0.627. The van der Waals surface area contributed by atoms with Crippen LogP contribution in [0.1, 0.15) is 29.2 Å². The molecule has 0 aromatic carbocycles. The van der Waals surface area contributed by atoms with E-state index >= 15 is 0 Å². The number of nitrogens with zero attached hydrogens (tertiary/aromatic N) is 5. The zero-order valence-electron chi connectivity index (χ0n) is 19.2. The number of ether oxygens (including phenoxy) is 2. The monoisotopic (exact) mass is 499 g/mol. The van der Waals surface area contributed by atoms with Gasteiger partial charge in [0.2, 0.25) is 0 Å². The van der Waals surface area contributed by atoms with Crippen molar-refractivity contribution in [3.05, 3.63) is 45.5 Å². The van der Waals surface area contributed by atoms with Gasteiger partial charge in [-0.25, -0.2) is 4.98 Å². The minimum absolute atomic E-state index is 0.0829. The molecule has 0 spiro atoms. The Morgan fingerprint density at radius 3 is 2.77 bits per heavy atom. The molecule has 6 rings (SSSR count). The van der Waals surface area contributed by atoms with E-state index in [9.17, 15) is 9.59 Å². The van der Waals surface area contributed by atoms with Crippen molar-refractivity contribution in [2.24, 2.45) is 17.6 Å². The molecule has 12 heteroatoms. The van der Waals surface area contributed by atoms with Crippen molar-refractivity contribution in [1.29, 1.82) is 0 Å². The van der Waals surface area contributed by atoms with Crippen molar-refractivity contribution in [3.63, 3.8) is 0 Å². The van der Waals surface area contributed by atoms with E-state index in [1.54, 1.807) is 21.3 Å². The van der Waals surface area contributed by atoms with Crippen LogP contribution in [0.3, 0.4) is 0 Å². The van der Waals surface area contributed by atoms with Gasteiger partial charge in [-0.2, -0.15) is 9.61 Å². The zero-order valence-corrected chi connectivity index (χ0v) is 19.9. The fraction of sp³-hybridized carbons (Fsp3) is 0.478. The van der Waals surface area contributed by atoms with Gasteiger partial charge in [-0.1, -0.05) is 11.6 Å². The van der Waals surface area contributed by atoms with Crippen molar-refractivity contribution in [1.82, 2.24) is 19.2 Å². The molecule has 5 heterocycles. The van der Waals surface area contributed by atoms with Crippen LogP contribution in [-0.2, 0) is 9.47 Å². The van der Waals surface area contributed by atoms with Crippen molar-refractivity contribution in [3.8, 4) is 0 Å². The lowest BCUT2D eigenvalue weighted by Gasteiger charge is -2.25. The topological polar surface area (TPSA) is 129 Å². The van der Waals surface area contributed by atoms with E-state index in [1.165, 1.54) is 6.20 Å². The molecular formula is C23H26ClN7O4. The molecule has 3 unspecified atom stereocenters. The first-order valence-electron chi connectivity index (χ1n) is 11.7. The van der Waals surface area contributed by atoms with Gasteiger partial charge in [0.1, 0.15) is 22.9 Å². The maximum absolute atomic E-state index is 13.3. The zero-order chi connectivity index (χ0) is 24.3. The SMILES string of the molecule is CN(c1cc(Nc2cc(Cl)cn(C3CCCOC3)c2=O)nc2c(C(N)=O)cnn12)C1C2COCC21. The summed E-state index contributed by atoms with van der Waals surface area (Å²) in [6.45, 7) is 2.62. The number of aromatic nitrogens is 4. The van der Waals surface area contributed by atoms with Gasteiger partial charge < -0.3 is 30.0 Å². The highest BCUT2D eigenvalue weighted by atomic mass is 35.5. The minimum Gasteiger partial charge on any atom is -0.381 e. The van der Waals surface area contributed by atoms with Crippen LogP contribution < -0.4 is 21.5 Å². The molecule has 3 N–H and O–H groups in total. The predicted molar refractivity (Wildman–Crippen MR) is 130 cm³/mol. The normalized spacial score (nSPS) is 25.4. The smallest absolute Gasteiger partial charge is 0.274 e. The Balaban J connectivity index is 1.41. The second kappa shape index (κ2) is 8.51. The third-order valence-corrected chi connectivity index (χ3v) is 7.44. The summed E-state index contributed by atoms with van der Waals surface area (Å²) in [6.07, 6.45) is 4.77. The van der Waals surface area contributed by atoms with Crippen molar-refractivity contribution < 1.29 is 14.3 Å². The molecule has 35 heavy (non-hydrogen) atoms. The number of halogens is 1. The van der Waals surface area contributed by atoms with Crippen LogP contribution in [0.25, 0.3) is 5.65 Å². The van der Waals surface area contributed by atoms with E-state index in [-0.39, 0.29) is 22.9 Å². The van der Waals surface area contributed by atoms with Gasteiger partial charge in [0, 0.05) is 43.8 Å². The average Bonchev–Trinajstić information content (AvgIpc) is 3.16. The third-order valence-electron chi connectivity index (χ3n) is 7.24. The van der Waals surface area contributed by atoms with Gasteiger partial charge in [-0.3, -0.25) is 9.59 Å². The molecule has 3 fully saturated rings. The molecular weight excluding hydrogens is 474 g/mol. The van der Waals surface area contributed by atoms with Gasteiger partial charge in [0.05, 0.1) is 37.1 Å². The Bertz CT molecular complexity index is 1360. The summed E-state index contributed by atoms with van der Waals surface area (Å²) in [4.78, 5) is 32.1. The van der Waals surface area contributed by atoms with Crippen molar-refractivity contribution in [2.75, 3.05) is 43.7 Å². The summed E-state index contributed by atoms with van der Waals surface area (Å²) in [5.41, 5.74) is 6.15. The molecule has 2 saturated heterocycles. The summed E-state index contributed by atoms with van der Waals surface area (Å²) in [6, 6.07) is 3.61. The van der Waals surface area contributed by atoms with Crippen LogP contribution >= 0.6 is 11.6 Å². The summed E-state index contributed by atoms with van der Waals surface area (Å²) in [7, 11) is 1.99. The molecule has 3 aliphatic rings. The number of pyridine rings is 1. The number of amides is 1. The number of fused-ring (bicyclic) bond motifs is 2. The van der Waals surface area contributed by atoms with Crippen LogP contribution in [0.2, 0.25) is 5.02 Å². The summed E-state index contributed by atoms with van der Waals surface area (Å²) in [5.74, 6) is 1.41. The van der Waals surface area contributed by atoms with Gasteiger partial charge in [0.25, 0.3) is 11.5 Å². The van der Waals surface area contributed by atoms with Gasteiger partial charge in [-0.15, -0.1) is 0 Å². The van der Waals surface area contributed by atoms with Crippen LogP contribution in [0, 0.1) is 11.8 Å². The molecule has 3 aromatic rings. The number of nitrogens with one attached hydrogen (secondary N) is 1. The number of hydrogen-bond donors (Lipinski definition) is 2. The first kappa shape index (κ1) is 22.3. The van der Waals surface area contributed by atoms with E-state index in [2.05, 4.69) is 20.3 Å². The number of nitrogens with two attached hydrogens (primary N) is 1. The highest BCUT2D eigenvalue weighted by Gasteiger charge is 2.56. The Hall–Kier alpha value is -3.15. The third kappa shape index (κ3) is 3.83. The maximum Gasteiger partial charge on any atom is 0.274 e. The standard InChI is InChI=1S/C23H26ClN7O4/c1-29(20-15-10-35-11-16(15)20)19-6-18(28-22-14(21(25)32)7-26-31(19)22)27-17-5-12(24)8-30(23(17)33)13-3-2-4-34-9-13/h5-8,13,15-16,20H,2-4,9-11H2,1H3,(H2,25,32)(H,27,28). The Morgan fingerprint density at radius 2 is 2.06 bits per heavy atom. The molecule has 3 atom stereocenters. The van der Waals surface area contributed by atoms with Gasteiger partial charge in [-0.05, 0) is 18.9 Å².